The number of hydrogen-bond donors (Lipinski definition) is 2. The van der Waals surface area contributed by atoms with Crippen LogP contribution in [-0.2, 0) is 18.3 Å². The molecule has 0 radical (unpaired) electrons. The Balaban J connectivity index is 0.00000196. The number of aryl methyl sites for hydroxylation is 1. The molecule has 1 heterocycles. The van der Waals surface area contributed by atoms with Gasteiger partial charge in [-0.1, -0.05) is 24.6 Å². The van der Waals surface area contributed by atoms with Gasteiger partial charge >= 0.3 is 0 Å². The van der Waals surface area contributed by atoms with E-state index >= 15 is 0 Å². The van der Waals surface area contributed by atoms with Crippen LogP contribution in [0.25, 0.3) is 0 Å². The molecule has 1 saturated carbocycles. The number of hydrogen-bond acceptors (Lipinski definition) is 2. The van der Waals surface area contributed by atoms with E-state index < -0.39 is 0 Å². The number of nitrogens with one attached hydrogen (secondary N) is 1. The molecule has 26 heavy (non-hydrogen) atoms. The second-order valence-electron chi connectivity index (χ2n) is 7.33. The van der Waals surface area contributed by atoms with Crippen molar-refractivity contribution < 1.29 is 0 Å². The lowest BCUT2D eigenvalue weighted by Crippen LogP contribution is -2.39. The summed E-state index contributed by atoms with van der Waals surface area (Å²) in [5.74, 6) is 0.515. The van der Waals surface area contributed by atoms with Gasteiger partial charge in [-0.05, 0) is 67.9 Å². The smallest absolute Gasteiger partial charge is 0.193 e. The molecule has 2 aliphatic rings. The highest BCUT2D eigenvalue weighted by atomic mass is 127. The summed E-state index contributed by atoms with van der Waals surface area (Å²) in [4.78, 5) is 9.24. The van der Waals surface area contributed by atoms with Crippen LogP contribution < -0.4 is 11.1 Å². The molecule has 0 spiro atoms. The van der Waals surface area contributed by atoms with Crippen molar-refractivity contribution in [3.05, 3.63) is 59.4 Å². The summed E-state index contributed by atoms with van der Waals surface area (Å²) in [7, 11) is 0. The molecule has 4 nitrogen and oxygen atoms in total. The summed E-state index contributed by atoms with van der Waals surface area (Å²) >= 11 is 0. The number of benzene rings is 1. The maximum absolute atomic E-state index is 6.22. The average molecular weight is 462 g/mol. The first-order valence-corrected chi connectivity index (χ1v) is 9.36. The SMILES string of the molecule is I.NC(=NCC1(c2ccccn2)CCC1)Nc1cccc2c1CCCC2. The number of aliphatic imine (C=N–C) groups is 1. The summed E-state index contributed by atoms with van der Waals surface area (Å²) in [6.07, 6.45) is 10.2. The Labute approximate surface area is 172 Å². The molecule has 0 bridgehead atoms. The molecule has 1 aromatic heterocycles. The largest absolute Gasteiger partial charge is 0.370 e. The zero-order valence-electron chi connectivity index (χ0n) is 15.1. The Morgan fingerprint density at radius 2 is 1.92 bits per heavy atom. The van der Waals surface area contributed by atoms with Gasteiger partial charge in [-0.2, -0.15) is 0 Å². The number of anilines is 1. The molecule has 5 heteroatoms. The number of halogens is 1. The van der Waals surface area contributed by atoms with E-state index in [2.05, 4.69) is 45.6 Å². The van der Waals surface area contributed by atoms with Crippen molar-refractivity contribution in [3.8, 4) is 0 Å². The highest BCUT2D eigenvalue weighted by molar-refractivity contribution is 14.0. The van der Waals surface area contributed by atoms with Crippen LogP contribution >= 0.6 is 24.0 Å². The molecule has 2 aliphatic carbocycles. The quantitative estimate of drug-likeness (QED) is 0.402. The lowest BCUT2D eigenvalue weighted by Gasteiger charge is -2.40. The average Bonchev–Trinajstić information content (AvgIpc) is 2.62. The van der Waals surface area contributed by atoms with Crippen molar-refractivity contribution in [2.75, 3.05) is 11.9 Å². The highest BCUT2D eigenvalue weighted by Gasteiger charge is 2.39. The van der Waals surface area contributed by atoms with Crippen LogP contribution in [0, 0.1) is 0 Å². The molecule has 1 aromatic carbocycles. The third-order valence-electron chi connectivity index (χ3n) is 5.73. The van der Waals surface area contributed by atoms with Crippen LogP contribution in [-0.4, -0.2) is 17.5 Å². The van der Waals surface area contributed by atoms with Gasteiger partial charge in [0.2, 0.25) is 0 Å². The van der Waals surface area contributed by atoms with Crippen LogP contribution in [0.5, 0.6) is 0 Å². The normalized spacial score (nSPS) is 18.2. The number of nitrogens with zero attached hydrogens (tertiary/aromatic N) is 2. The monoisotopic (exact) mass is 462 g/mol. The first-order valence-electron chi connectivity index (χ1n) is 9.36. The van der Waals surface area contributed by atoms with Crippen molar-refractivity contribution >= 4 is 35.6 Å². The molecular weight excluding hydrogens is 435 g/mol. The van der Waals surface area contributed by atoms with Crippen LogP contribution in [0.1, 0.15) is 48.9 Å². The summed E-state index contributed by atoms with van der Waals surface area (Å²) in [5, 5.41) is 3.35. The predicted molar refractivity (Wildman–Crippen MR) is 118 cm³/mol. The Hall–Kier alpha value is -1.63. The second-order valence-corrected chi connectivity index (χ2v) is 7.33. The van der Waals surface area contributed by atoms with Gasteiger partial charge in [0.25, 0.3) is 0 Å². The minimum Gasteiger partial charge on any atom is -0.370 e. The van der Waals surface area contributed by atoms with Gasteiger partial charge in [-0.25, -0.2) is 0 Å². The molecule has 0 aliphatic heterocycles. The summed E-state index contributed by atoms with van der Waals surface area (Å²) in [5.41, 5.74) is 11.4. The molecule has 0 unspecified atom stereocenters. The summed E-state index contributed by atoms with van der Waals surface area (Å²) < 4.78 is 0. The third-order valence-corrected chi connectivity index (χ3v) is 5.73. The first-order chi connectivity index (χ1) is 12.3. The van der Waals surface area contributed by atoms with E-state index in [1.807, 2.05) is 12.3 Å². The minimum atomic E-state index is 0. The van der Waals surface area contributed by atoms with E-state index in [1.165, 1.54) is 36.8 Å². The Morgan fingerprint density at radius 3 is 2.65 bits per heavy atom. The van der Waals surface area contributed by atoms with Gasteiger partial charge in [0.05, 0.1) is 6.54 Å². The summed E-state index contributed by atoms with van der Waals surface area (Å²) in [6, 6.07) is 12.6. The molecule has 138 valence electrons. The highest BCUT2D eigenvalue weighted by Crippen LogP contribution is 2.43. The van der Waals surface area contributed by atoms with Crippen LogP contribution in [0.15, 0.2) is 47.6 Å². The fraction of sp³-hybridized carbons (Fsp3) is 0.429. The number of guanidine groups is 1. The molecule has 0 amide bonds. The van der Waals surface area contributed by atoms with Gasteiger partial charge in [0.1, 0.15) is 0 Å². The van der Waals surface area contributed by atoms with Gasteiger partial charge < -0.3 is 11.1 Å². The van der Waals surface area contributed by atoms with Gasteiger partial charge in [0, 0.05) is 23.0 Å². The van der Waals surface area contributed by atoms with Crippen molar-refractivity contribution in [1.29, 1.82) is 0 Å². The predicted octanol–water partition coefficient (Wildman–Crippen LogP) is 4.43. The van der Waals surface area contributed by atoms with Crippen LogP contribution in [0.3, 0.4) is 0 Å². The topological polar surface area (TPSA) is 63.3 Å². The van der Waals surface area contributed by atoms with E-state index in [4.69, 9.17) is 5.73 Å². The first kappa shape index (κ1) is 19.1. The molecule has 0 saturated heterocycles. The number of aromatic nitrogens is 1. The van der Waals surface area contributed by atoms with Crippen LogP contribution in [0.2, 0.25) is 0 Å². The standard InChI is InChI=1S/C21H26N4.HI/c22-20(25-18-10-5-8-16-7-1-2-9-17(16)18)24-15-21(12-6-13-21)19-11-3-4-14-23-19;/h3-5,8,10-11,14H,1-2,6-7,9,12-13,15H2,(H3,22,24,25);1H. The molecular formula is C21H27IN4. The number of fused-ring (bicyclic) bond motifs is 1. The Bertz CT molecular complexity index is 769. The maximum Gasteiger partial charge on any atom is 0.193 e. The van der Waals surface area contributed by atoms with E-state index in [9.17, 15) is 0 Å². The second kappa shape index (κ2) is 8.37. The van der Waals surface area contributed by atoms with E-state index in [-0.39, 0.29) is 29.4 Å². The molecule has 1 fully saturated rings. The van der Waals surface area contributed by atoms with Crippen LogP contribution in [0.4, 0.5) is 5.69 Å². The van der Waals surface area contributed by atoms with Gasteiger partial charge in [0.15, 0.2) is 5.96 Å². The maximum atomic E-state index is 6.22. The fourth-order valence-electron chi connectivity index (χ4n) is 4.09. The molecule has 4 rings (SSSR count). The Kier molecular flexibility index (Phi) is 6.16. The Morgan fingerprint density at radius 1 is 1.08 bits per heavy atom. The zero-order chi connectivity index (χ0) is 17.1. The number of nitrogens with two attached hydrogens (primary N) is 1. The van der Waals surface area contributed by atoms with E-state index in [1.54, 1.807) is 0 Å². The van der Waals surface area contributed by atoms with Crippen molar-refractivity contribution in [1.82, 2.24) is 4.98 Å². The number of rotatable bonds is 4. The third kappa shape index (κ3) is 3.87. The lowest BCUT2D eigenvalue weighted by molar-refractivity contribution is 0.246. The lowest BCUT2D eigenvalue weighted by atomic mass is 9.66. The number of pyridine rings is 1. The van der Waals surface area contributed by atoms with Crippen molar-refractivity contribution in [2.45, 2.75) is 50.4 Å². The molecule has 3 N–H and O–H groups in total. The van der Waals surface area contributed by atoms with Crippen molar-refractivity contribution in [2.24, 2.45) is 10.7 Å². The minimum absolute atomic E-state index is 0. The molecule has 0 atom stereocenters. The van der Waals surface area contributed by atoms with Crippen molar-refractivity contribution in [3.63, 3.8) is 0 Å². The van der Waals surface area contributed by atoms with E-state index in [0.29, 0.717) is 12.5 Å². The van der Waals surface area contributed by atoms with Gasteiger partial charge in [-0.15, -0.1) is 24.0 Å². The van der Waals surface area contributed by atoms with E-state index in [0.717, 1.165) is 30.6 Å². The zero-order valence-corrected chi connectivity index (χ0v) is 17.4. The molecule has 2 aromatic rings. The summed E-state index contributed by atoms with van der Waals surface area (Å²) in [6.45, 7) is 0.706. The van der Waals surface area contributed by atoms with Gasteiger partial charge in [-0.3, -0.25) is 9.98 Å². The fourth-order valence-corrected chi connectivity index (χ4v) is 4.09.